The van der Waals surface area contributed by atoms with Crippen molar-refractivity contribution in [2.75, 3.05) is 6.61 Å². The highest BCUT2D eigenvalue weighted by atomic mass is 16.5. The van der Waals surface area contributed by atoms with E-state index in [0.717, 1.165) is 17.7 Å². The van der Waals surface area contributed by atoms with E-state index in [0.29, 0.717) is 11.5 Å². The quantitative estimate of drug-likeness (QED) is 0.685. The summed E-state index contributed by atoms with van der Waals surface area (Å²) in [7, 11) is 0. The Balaban J connectivity index is 1.38. The average Bonchev–Trinajstić information content (AvgIpc) is 3.29. The Hall–Kier alpha value is -3.02. The maximum atomic E-state index is 12.9. The lowest BCUT2D eigenvalue weighted by Crippen LogP contribution is -2.54. The maximum Gasteiger partial charge on any atom is 0.339 e. The van der Waals surface area contributed by atoms with Crippen molar-refractivity contribution >= 4 is 11.8 Å². The van der Waals surface area contributed by atoms with Crippen LogP contribution in [0.25, 0.3) is 0 Å². The number of carbonyl (C=O) groups excluding carboxylic acids is 1. The molecule has 4 unspecified atom stereocenters. The van der Waals surface area contributed by atoms with E-state index >= 15 is 0 Å². The Kier molecular flexibility index (Phi) is 4.01. The largest absolute Gasteiger partial charge is 0.507 e. The van der Waals surface area contributed by atoms with E-state index in [1.807, 2.05) is 12.1 Å². The predicted molar refractivity (Wildman–Crippen MR) is 113 cm³/mol. The van der Waals surface area contributed by atoms with Crippen LogP contribution in [0.1, 0.15) is 66.3 Å². The van der Waals surface area contributed by atoms with Gasteiger partial charge in [-0.05, 0) is 67.9 Å². The molecule has 162 valence electrons. The van der Waals surface area contributed by atoms with Crippen LogP contribution in [-0.4, -0.2) is 34.2 Å². The van der Waals surface area contributed by atoms with Crippen LogP contribution in [0.4, 0.5) is 0 Å². The molecule has 0 amide bonds. The van der Waals surface area contributed by atoms with Gasteiger partial charge in [-0.15, -0.1) is 0 Å². The molecule has 2 fully saturated rings. The molecule has 0 aromatic heterocycles. The molecule has 0 saturated heterocycles. The van der Waals surface area contributed by atoms with Gasteiger partial charge in [0.15, 0.2) is 12.4 Å². The number of carbonyl (C=O) groups is 2. The number of carboxylic acid groups (broad SMARTS) is 1. The minimum atomic E-state index is -1.23. The van der Waals surface area contributed by atoms with E-state index in [4.69, 9.17) is 14.6 Å². The number of rotatable bonds is 5. The lowest BCUT2D eigenvalue weighted by molar-refractivity contribution is -0.0260. The van der Waals surface area contributed by atoms with Crippen molar-refractivity contribution in [3.8, 4) is 17.2 Å². The Labute approximate surface area is 180 Å². The van der Waals surface area contributed by atoms with Crippen LogP contribution < -0.4 is 9.47 Å². The van der Waals surface area contributed by atoms with Crippen LogP contribution in [0, 0.1) is 11.3 Å². The number of phenols is 1. The van der Waals surface area contributed by atoms with Crippen molar-refractivity contribution in [2.45, 2.75) is 51.0 Å². The number of hydrogen-bond donors (Lipinski definition) is 2. The normalized spacial score (nSPS) is 32.3. The molecule has 5 rings (SSSR count). The first kappa shape index (κ1) is 19.9. The van der Waals surface area contributed by atoms with Crippen LogP contribution in [0.3, 0.4) is 0 Å². The van der Waals surface area contributed by atoms with E-state index < -0.39 is 11.7 Å². The van der Waals surface area contributed by atoms with Crippen LogP contribution >= 0.6 is 0 Å². The molecule has 2 aliphatic carbocycles. The Morgan fingerprint density at radius 2 is 1.94 bits per heavy atom. The van der Waals surface area contributed by atoms with Gasteiger partial charge in [0.05, 0.1) is 0 Å². The van der Waals surface area contributed by atoms with E-state index in [1.165, 1.54) is 31.0 Å². The maximum absolute atomic E-state index is 12.9. The number of aromatic carboxylic acids is 1. The zero-order valence-corrected chi connectivity index (χ0v) is 17.9. The highest BCUT2D eigenvalue weighted by Gasteiger charge is 2.73. The van der Waals surface area contributed by atoms with Crippen LogP contribution in [0.15, 0.2) is 36.4 Å². The van der Waals surface area contributed by atoms with Crippen molar-refractivity contribution in [2.24, 2.45) is 11.3 Å². The Morgan fingerprint density at radius 3 is 2.65 bits per heavy atom. The van der Waals surface area contributed by atoms with Gasteiger partial charge in [0.2, 0.25) is 0 Å². The molecule has 31 heavy (non-hydrogen) atoms. The standard InChI is InChI=1S/C25H26O6/c1-23-9-8-15(12-23)25(3)24(23,2)18-10-14(4-7-21(18)31-25)20(27)13-30-16-5-6-17(22(28)29)19(26)11-16/h4-7,10-11,15,26H,8-9,12-13H2,1-3H3,(H,28,29). The third-order valence-electron chi connectivity index (χ3n) is 8.45. The number of hydrogen-bond acceptors (Lipinski definition) is 5. The first-order valence-corrected chi connectivity index (χ1v) is 10.6. The molecule has 2 saturated carbocycles. The lowest BCUT2D eigenvalue weighted by Gasteiger charge is -2.48. The van der Waals surface area contributed by atoms with Gasteiger partial charge in [0.25, 0.3) is 0 Å². The number of fused-ring (bicyclic) bond motifs is 7. The second-order valence-corrected chi connectivity index (χ2v) is 9.74. The predicted octanol–water partition coefficient (Wildman–Crippen LogP) is 4.58. The number of ether oxygens (including phenoxy) is 2. The van der Waals surface area contributed by atoms with Gasteiger partial charge in [-0.2, -0.15) is 0 Å². The van der Waals surface area contributed by atoms with Crippen molar-refractivity contribution < 1.29 is 29.3 Å². The summed E-state index contributed by atoms with van der Waals surface area (Å²) in [4.78, 5) is 23.9. The molecular formula is C25H26O6. The number of carboxylic acids is 1. The number of aromatic hydroxyl groups is 1. The smallest absolute Gasteiger partial charge is 0.339 e. The first-order chi connectivity index (χ1) is 14.6. The van der Waals surface area contributed by atoms with Gasteiger partial charge >= 0.3 is 5.97 Å². The van der Waals surface area contributed by atoms with Crippen molar-refractivity contribution in [3.63, 3.8) is 0 Å². The van der Waals surface area contributed by atoms with Gasteiger partial charge in [-0.3, -0.25) is 4.79 Å². The van der Waals surface area contributed by atoms with Gasteiger partial charge in [0, 0.05) is 22.6 Å². The summed E-state index contributed by atoms with van der Waals surface area (Å²) in [6.45, 7) is 6.65. The molecule has 2 N–H and O–H groups in total. The highest BCUT2D eigenvalue weighted by molar-refractivity contribution is 5.98. The van der Waals surface area contributed by atoms with Gasteiger partial charge < -0.3 is 19.7 Å². The minimum absolute atomic E-state index is 0.145. The third-order valence-corrected chi connectivity index (χ3v) is 8.45. The molecular weight excluding hydrogens is 396 g/mol. The summed E-state index contributed by atoms with van der Waals surface area (Å²) in [5.41, 5.74) is 1.21. The summed E-state index contributed by atoms with van der Waals surface area (Å²) in [5, 5.41) is 18.8. The third kappa shape index (κ3) is 2.51. The fourth-order valence-corrected chi connectivity index (χ4v) is 6.38. The van der Waals surface area contributed by atoms with Crippen molar-refractivity contribution in [3.05, 3.63) is 53.1 Å². The summed E-state index contributed by atoms with van der Waals surface area (Å²) in [6, 6.07) is 9.51. The fraction of sp³-hybridized carbons (Fsp3) is 0.440. The highest BCUT2D eigenvalue weighted by Crippen LogP contribution is 2.73. The Morgan fingerprint density at radius 1 is 1.16 bits per heavy atom. The van der Waals surface area contributed by atoms with Gasteiger partial charge in [-0.1, -0.05) is 13.8 Å². The lowest BCUT2D eigenvalue weighted by atomic mass is 9.56. The van der Waals surface area contributed by atoms with Crippen LogP contribution in [0.2, 0.25) is 0 Å². The van der Waals surface area contributed by atoms with Crippen LogP contribution in [-0.2, 0) is 5.41 Å². The molecule has 0 spiro atoms. The van der Waals surface area contributed by atoms with Crippen molar-refractivity contribution in [1.82, 2.24) is 0 Å². The Bertz CT molecular complexity index is 1120. The molecule has 2 aromatic carbocycles. The molecule has 3 aliphatic rings. The second-order valence-electron chi connectivity index (χ2n) is 9.74. The minimum Gasteiger partial charge on any atom is -0.507 e. The van der Waals surface area contributed by atoms with Crippen molar-refractivity contribution in [1.29, 1.82) is 0 Å². The second kappa shape index (κ2) is 6.25. The van der Waals surface area contributed by atoms with E-state index in [-0.39, 0.29) is 40.1 Å². The van der Waals surface area contributed by atoms with E-state index in [2.05, 4.69) is 20.8 Å². The monoisotopic (exact) mass is 422 g/mol. The molecule has 6 heteroatoms. The topological polar surface area (TPSA) is 93.1 Å². The zero-order valence-electron chi connectivity index (χ0n) is 17.9. The van der Waals surface area contributed by atoms with Crippen LogP contribution in [0.5, 0.6) is 17.2 Å². The molecule has 4 atom stereocenters. The first-order valence-electron chi connectivity index (χ1n) is 10.6. The van der Waals surface area contributed by atoms with E-state index in [9.17, 15) is 14.7 Å². The average molecular weight is 422 g/mol. The molecule has 6 nitrogen and oxygen atoms in total. The zero-order chi connectivity index (χ0) is 22.2. The number of benzene rings is 2. The molecule has 1 aliphatic heterocycles. The summed E-state index contributed by atoms with van der Waals surface area (Å²) < 4.78 is 12.0. The summed E-state index contributed by atoms with van der Waals surface area (Å²) in [6.07, 6.45) is 3.50. The molecule has 0 radical (unpaired) electrons. The molecule has 2 aromatic rings. The van der Waals surface area contributed by atoms with Gasteiger partial charge in [-0.25, -0.2) is 4.79 Å². The molecule has 1 heterocycles. The number of ketones is 1. The summed E-state index contributed by atoms with van der Waals surface area (Å²) >= 11 is 0. The SMILES string of the molecule is CC12CCC(C1)C1(C)Oc3ccc(C(=O)COc4ccc(C(=O)O)c(O)c4)cc3C21C. The van der Waals surface area contributed by atoms with E-state index in [1.54, 1.807) is 6.07 Å². The summed E-state index contributed by atoms with van der Waals surface area (Å²) in [5.74, 6) is -0.178. The fourth-order valence-electron chi connectivity index (χ4n) is 6.38. The van der Waals surface area contributed by atoms with Gasteiger partial charge in [0.1, 0.15) is 28.4 Å². The molecule has 2 bridgehead atoms. The number of Topliss-reactive ketones (excluding diaryl/α,β-unsaturated/α-hetero) is 1.